The molecule has 0 aliphatic carbocycles. The largest absolute Gasteiger partial charge is 0.455 e. The highest BCUT2D eigenvalue weighted by Gasteiger charge is 2.19. The van der Waals surface area contributed by atoms with Gasteiger partial charge in [0.25, 0.3) is 0 Å². The van der Waals surface area contributed by atoms with Crippen LogP contribution >= 0.6 is 11.3 Å². The van der Waals surface area contributed by atoms with Crippen molar-refractivity contribution in [1.29, 1.82) is 0 Å². The van der Waals surface area contributed by atoms with Crippen molar-refractivity contribution in [3.8, 4) is 67.3 Å². The first kappa shape index (κ1) is 32.3. The molecule has 0 aliphatic rings. The van der Waals surface area contributed by atoms with E-state index in [4.69, 9.17) is 14.4 Å². The predicted octanol–water partition coefficient (Wildman–Crippen LogP) is 14.7. The van der Waals surface area contributed by atoms with Crippen LogP contribution in [0.4, 0.5) is 0 Å². The lowest BCUT2D eigenvalue weighted by Crippen LogP contribution is -1.97. The molecule has 0 N–H and O–H groups in total. The van der Waals surface area contributed by atoms with E-state index in [1.807, 2.05) is 29.5 Å². The number of nitrogens with zero attached hydrogens (tertiary/aromatic N) is 2. The van der Waals surface area contributed by atoms with Crippen molar-refractivity contribution in [2.75, 3.05) is 0 Å². The van der Waals surface area contributed by atoms with Crippen LogP contribution in [0.3, 0.4) is 0 Å². The van der Waals surface area contributed by atoms with Crippen LogP contribution in [-0.4, -0.2) is 9.97 Å². The number of rotatable bonds is 6. The van der Waals surface area contributed by atoms with E-state index in [1.54, 1.807) is 0 Å². The van der Waals surface area contributed by atoms with Crippen molar-refractivity contribution in [2.45, 2.75) is 0 Å². The maximum Gasteiger partial charge on any atom is 0.160 e. The maximum absolute atomic E-state index is 6.70. The zero-order chi connectivity index (χ0) is 37.0. The molecule has 3 aromatic heterocycles. The number of furan rings is 1. The molecule has 0 unspecified atom stereocenters. The molecule has 0 bridgehead atoms. The van der Waals surface area contributed by atoms with Crippen LogP contribution in [-0.2, 0) is 0 Å². The average molecular weight is 733 g/mol. The van der Waals surface area contributed by atoms with Gasteiger partial charge < -0.3 is 4.42 Å². The maximum atomic E-state index is 6.70. The molecule has 0 amide bonds. The Bertz CT molecular complexity index is 3240. The van der Waals surface area contributed by atoms with Gasteiger partial charge >= 0.3 is 0 Å². The molecule has 3 heterocycles. The van der Waals surface area contributed by atoms with Crippen molar-refractivity contribution < 1.29 is 4.42 Å². The third-order valence-electron chi connectivity index (χ3n) is 10.8. The van der Waals surface area contributed by atoms with Gasteiger partial charge in [-0.3, -0.25) is 0 Å². The van der Waals surface area contributed by atoms with Gasteiger partial charge in [0.15, 0.2) is 5.82 Å². The van der Waals surface area contributed by atoms with Crippen molar-refractivity contribution >= 4 is 53.4 Å². The molecule has 3 nitrogen and oxygen atoms in total. The summed E-state index contributed by atoms with van der Waals surface area (Å²) in [6, 6.07) is 68.3. The number of aromatic nitrogens is 2. The number of para-hydroxylation sites is 1. The van der Waals surface area contributed by atoms with E-state index >= 15 is 0 Å². The van der Waals surface area contributed by atoms with E-state index in [2.05, 4.69) is 176 Å². The minimum absolute atomic E-state index is 0.682. The number of hydrogen-bond acceptors (Lipinski definition) is 4. The van der Waals surface area contributed by atoms with Gasteiger partial charge in [-0.25, -0.2) is 9.97 Å². The van der Waals surface area contributed by atoms with Crippen molar-refractivity contribution in [3.63, 3.8) is 0 Å². The lowest BCUT2D eigenvalue weighted by atomic mass is 9.94. The van der Waals surface area contributed by atoms with Gasteiger partial charge in [-0.2, -0.15) is 0 Å². The smallest absolute Gasteiger partial charge is 0.160 e. The number of hydrogen-bond donors (Lipinski definition) is 0. The molecule has 11 rings (SSSR count). The highest BCUT2D eigenvalue weighted by Crippen LogP contribution is 2.44. The number of thiophene rings is 1. The van der Waals surface area contributed by atoms with E-state index < -0.39 is 0 Å². The molecule has 0 atom stereocenters. The zero-order valence-electron chi connectivity index (χ0n) is 30.2. The van der Waals surface area contributed by atoms with E-state index in [1.165, 1.54) is 20.2 Å². The van der Waals surface area contributed by atoms with E-state index in [0.717, 1.165) is 83.4 Å². The first-order valence-corrected chi connectivity index (χ1v) is 19.6. The summed E-state index contributed by atoms with van der Waals surface area (Å²) < 4.78 is 9.28. The van der Waals surface area contributed by atoms with Crippen LogP contribution < -0.4 is 0 Å². The van der Waals surface area contributed by atoms with E-state index in [9.17, 15) is 0 Å². The highest BCUT2D eigenvalue weighted by atomic mass is 32.1. The quantitative estimate of drug-likeness (QED) is 0.171. The van der Waals surface area contributed by atoms with Gasteiger partial charge in [-0.1, -0.05) is 164 Å². The Hall–Kier alpha value is -7.14. The van der Waals surface area contributed by atoms with Crippen LogP contribution in [0.15, 0.2) is 199 Å². The SMILES string of the molecule is c1ccc(-c2cc(-c3ccccc3-c3ccccc3)nc(-c3ccc(-c4ccc(-c5ccc6c(c5)sc5ccccc56)c5oc6ccccc6c45)cc3)n2)cc1. The fourth-order valence-corrected chi connectivity index (χ4v) is 9.18. The van der Waals surface area contributed by atoms with E-state index in [0.29, 0.717) is 5.82 Å². The monoisotopic (exact) mass is 732 g/mol. The minimum Gasteiger partial charge on any atom is -0.455 e. The molecule has 0 radical (unpaired) electrons. The topological polar surface area (TPSA) is 38.9 Å². The summed E-state index contributed by atoms with van der Waals surface area (Å²) in [5, 5.41) is 4.81. The molecule has 4 heteroatoms. The average Bonchev–Trinajstić information content (AvgIpc) is 3.85. The minimum atomic E-state index is 0.682. The Morgan fingerprint density at radius 3 is 1.77 bits per heavy atom. The Kier molecular flexibility index (Phi) is 7.68. The summed E-state index contributed by atoms with van der Waals surface area (Å²) in [6.45, 7) is 0. The lowest BCUT2D eigenvalue weighted by molar-refractivity contribution is 0.670. The van der Waals surface area contributed by atoms with Crippen LogP contribution in [0.2, 0.25) is 0 Å². The van der Waals surface area contributed by atoms with Gasteiger partial charge in [0, 0.05) is 53.2 Å². The van der Waals surface area contributed by atoms with Crippen molar-refractivity contribution in [2.24, 2.45) is 0 Å². The molecular formula is C52H32N2OS. The van der Waals surface area contributed by atoms with Crippen molar-refractivity contribution in [1.82, 2.24) is 9.97 Å². The van der Waals surface area contributed by atoms with Crippen LogP contribution in [0.25, 0.3) is 109 Å². The van der Waals surface area contributed by atoms with Gasteiger partial charge in [-0.15, -0.1) is 11.3 Å². The molecule has 0 saturated heterocycles. The van der Waals surface area contributed by atoms with Gasteiger partial charge in [-0.05, 0) is 58.1 Å². The number of fused-ring (bicyclic) bond motifs is 6. The molecule has 262 valence electrons. The lowest BCUT2D eigenvalue weighted by Gasteiger charge is -2.13. The van der Waals surface area contributed by atoms with Crippen molar-refractivity contribution in [3.05, 3.63) is 194 Å². The Morgan fingerprint density at radius 2 is 0.946 bits per heavy atom. The summed E-state index contributed by atoms with van der Waals surface area (Å²) in [7, 11) is 0. The molecule has 0 aliphatic heterocycles. The summed E-state index contributed by atoms with van der Waals surface area (Å²) >= 11 is 1.84. The molecule has 0 saturated carbocycles. The zero-order valence-corrected chi connectivity index (χ0v) is 31.0. The van der Waals surface area contributed by atoms with Gasteiger partial charge in [0.2, 0.25) is 0 Å². The fourth-order valence-electron chi connectivity index (χ4n) is 8.04. The van der Waals surface area contributed by atoms with Crippen LogP contribution in [0.1, 0.15) is 0 Å². The fraction of sp³-hybridized carbons (Fsp3) is 0. The predicted molar refractivity (Wildman–Crippen MR) is 235 cm³/mol. The third kappa shape index (κ3) is 5.50. The molecule has 8 aromatic carbocycles. The summed E-state index contributed by atoms with van der Waals surface area (Å²) in [4.78, 5) is 10.4. The molecule has 56 heavy (non-hydrogen) atoms. The summed E-state index contributed by atoms with van der Waals surface area (Å²) in [5.74, 6) is 0.682. The Balaban J connectivity index is 1.03. The Labute approximate surface area is 327 Å². The molecular weight excluding hydrogens is 701 g/mol. The van der Waals surface area contributed by atoms with Gasteiger partial charge in [0.1, 0.15) is 11.2 Å². The Morgan fingerprint density at radius 1 is 0.357 bits per heavy atom. The second-order valence-corrected chi connectivity index (χ2v) is 15.2. The summed E-state index contributed by atoms with van der Waals surface area (Å²) in [6.07, 6.45) is 0. The first-order valence-electron chi connectivity index (χ1n) is 18.8. The molecule has 0 spiro atoms. The first-order chi connectivity index (χ1) is 27.7. The normalized spacial score (nSPS) is 11.6. The summed E-state index contributed by atoms with van der Waals surface area (Å²) in [5.41, 5.74) is 13.4. The number of benzene rings is 8. The third-order valence-corrected chi connectivity index (χ3v) is 11.9. The van der Waals surface area contributed by atoms with E-state index in [-0.39, 0.29) is 0 Å². The molecule has 11 aromatic rings. The van der Waals surface area contributed by atoms with Crippen LogP contribution in [0.5, 0.6) is 0 Å². The van der Waals surface area contributed by atoms with Gasteiger partial charge in [0.05, 0.1) is 11.4 Å². The van der Waals surface area contributed by atoms with Crippen LogP contribution in [0, 0.1) is 0 Å². The second-order valence-electron chi connectivity index (χ2n) is 14.1. The highest BCUT2D eigenvalue weighted by molar-refractivity contribution is 7.25. The second kappa shape index (κ2) is 13.3. The molecule has 0 fully saturated rings. The standard InChI is InChI=1S/C52H32N2OS/c1-3-13-33(14-4-1)38-17-7-8-18-41(38)46-32-45(35-15-5-2-6-16-35)53-52(54-46)36-25-23-34(24-26-36)39-29-30-40(51-50(39)44-20-9-11-21-47(44)55-51)37-27-28-43-42-19-10-12-22-48(42)56-49(43)31-37/h1-32H.